The first-order valence-corrected chi connectivity index (χ1v) is 8.36. The zero-order chi connectivity index (χ0) is 13.4. The van der Waals surface area contributed by atoms with Gasteiger partial charge in [0.15, 0.2) is 0 Å². The summed E-state index contributed by atoms with van der Waals surface area (Å²) in [4.78, 5) is 2.70. The Balaban J connectivity index is 1.61. The molecule has 0 spiro atoms. The smallest absolute Gasteiger partial charge is 0.0570 e. The third-order valence-corrected chi connectivity index (χ3v) is 6.03. The molecule has 1 saturated carbocycles. The molecule has 3 aliphatic rings. The maximum absolute atomic E-state index is 9.89. The minimum absolute atomic E-state index is 0.0443. The molecule has 0 amide bonds. The summed E-state index contributed by atoms with van der Waals surface area (Å²) in [6, 6.07) is 1.69. The Morgan fingerprint density at radius 3 is 2.37 bits per heavy atom. The van der Waals surface area contributed by atoms with Gasteiger partial charge in [-0.3, -0.25) is 4.90 Å². The minimum Gasteiger partial charge on any atom is -0.393 e. The van der Waals surface area contributed by atoms with Crippen LogP contribution in [0.1, 0.15) is 58.3 Å². The highest BCUT2D eigenvalue weighted by Crippen LogP contribution is 2.38. The summed E-state index contributed by atoms with van der Waals surface area (Å²) in [7, 11) is 0. The van der Waals surface area contributed by atoms with Crippen molar-refractivity contribution in [1.29, 1.82) is 0 Å². The van der Waals surface area contributed by atoms with E-state index in [0.29, 0.717) is 24.0 Å². The van der Waals surface area contributed by atoms with E-state index in [1.165, 1.54) is 45.1 Å². The maximum atomic E-state index is 9.89. The van der Waals surface area contributed by atoms with Crippen LogP contribution in [-0.4, -0.2) is 40.8 Å². The van der Waals surface area contributed by atoms with Crippen LogP contribution >= 0.6 is 0 Å². The molecule has 0 aromatic heterocycles. The van der Waals surface area contributed by atoms with Gasteiger partial charge in [-0.15, -0.1) is 0 Å². The summed E-state index contributed by atoms with van der Waals surface area (Å²) in [5.74, 6) is 1.59. The monoisotopic (exact) mass is 266 g/mol. The number of aliphatic hydroxyl groups is 1. The Bertz CT molecular complexity index is 295. The molecule has 3 rings (SSSR count). The summed E-state index contributed by atoms with van der Waals surface area (Å²) in [6.07, 6.45) is 9.73. The first-order chi connectivity index (χ1) is 9.17. The lowest BCUT2D eigenvalue weighted by atomic mass is 9.76. The maximum Gasteiger partial charge on any atom is 0.0570 e. The molecule has 3 nitrogen and oxygen atoms in total. The van der Waals surface area contributed by atoms with Gasteiger partial charge in [-0.1, -0.05) is 13.3 Å². The Labute approximate surface area is 117 Å². The van der Waals surface area contributed by atoms with Gasteiger partial charge in [-0.05, 0) is 56.8 Å². The summed E-state index contributed by atoms with van der Waals surface area (Å²) in [5, 5.41) is 9.89. The van der Waals surface area contributed by atoms with Crippen LogP contribution in [0.3, 0.4) is 0 Å². The van der Waals surface area contributed by atoms with Crippen molar-refractivity contribution in [2.45, 2.75) is 82.5 Å². The predicted molar refractivity (Wildman–Crippen MR) is 77.9 cm³/mol. The van der Waals surface area contributed by atoms with Crippen molar-refractivity contribution in [3.05, 3.63) is 0 Å². The third-order valence-electron chi connectivity index (χ3n) is 6.03. The summed E-state index contributed by atoms with van der Waals surface area (Å²) in [6.45, 7) is 3.51. The van der Waals surface area contributed by atoms with Crippen LogP contribution < -0.4 is 5.73 Å². The van der Waals surface area contributed by atoms with Gasteiger partial charge in [-0.25, -0.2) is 0 Å². The van der Waals surface area contributed by atoms with Crippen LogP contribution in [0.4, 0.5) is 0 Å². The van der Waals surface area contributed by atoms with E-state index in [9.17, 15) is 5.11 Å². The molecular formula is C16H30N2O. The van der Waals surface area contributed by atoms with Gasteiger partial charge in [0.05, 0.1) is 6.10 Å². The molecular weight excluding hydrogens is 236 g/mol. The third kappa shape index (κ3) is 2.84. The highest BCUT2D eigenvalue weighted by Gasteiger charge is 2.42. The van der Waals surface area contributed by atoms with Gasteiger partial charge >= 0.3 is 0 Å². The van der Waals surface area contributed by atoms with Crippen molar-refractivity contribution < 1.29 is 5.11 Å². The van der Waals surface area contributed by atoms with Gasteiger partial charge in [0.25, 0.3) is 0 Å². The van der Waals surface area contributed by atoms with Crippen molar-refractivity contribution >= 4 is 0 Å². The Hall–Kier alpha value is -0.120. The molecule has 19 heavy (non-hydrogen) atoms. The molecule has 2 bridgehead atoms. The number of nitrogens with zero attached hydrogens (tertiary/aromatic N) is 1. The first-order valence-electron chi connectivity index (χ1n) is 8.36. The second kappa shape index (κ2) is 5.71. The molecule has 0 aromatic rings. The summed E-state index contributed by atoms with van der Waals surface area (Å²) >= 11 is 0. The fourth-order valence-corrected chi connectivity index (χ4v) is 4.78. The minimum atomic E-state index is -0.0443. The van der Waals surface area contributed by atoms with Gasteiger partial charge < -0.3 is 10.8 Å². The van der Waals surface area contributed by atoms with Crippen LogP contribution in [0.2, 0.25) is 0 Å². The Kier molecular flexibility index (Phi) is 4.16. The van der Waals surface area contributed by atoms with Crippen LogP contribution in [-0.2, 0) is 0 Å². The van der Waals surface area contributed by atoms with Crippen molar-refractivity contribution in [2.24, 2.45) is 17.6 Å². The number of nitrogens with two attached hydrogens (primary N) is 1. The number of rotatable bonds is 3. The van der Waals surface area contributed by atoms with Gasteiger partial charge in [0, 0.05) is 24.7 Å². The molecule has 1 aliphatic carbocycles. The van der Waals surface area contributed by atoms with Crippen molar-refractivity contribution in [1.82, 2.24) is 4.90 Å². The van der Waals surface area contributed by atoms with E-state index in [1.54, 1.807) is 0 Å². The number of fused-ring (bicyclic) bond motifs is 2. The van der Waals surface area contributed by atoms with Crippen molar-refractivity contribution in [3.8, 4) is 0 Å². The second-order valence-corrected chi connectivity index (χ2v) is 7.22. The number of aliphatic hydroxyl groups excluding tert-OH is 1. The van der Waals surface area contributed by atoms with E-state index < -0.39 is 0 Å². The van der Waals surface area contributed by atoms with Crippen LogP contribution in [0.15, 0.2) is 0 Å². The van der Waals surface area contributed by atoms with E-state index in [4.69, 9.17) is 5.73 Å². The zero-order valence-electron chi connectivity index (χ0n) is 12.3. The summed E-state index contributed by atoms with van der Waals surface area (Å²) < 4.78 is 0. The number of piperidine rings is 1. The Morgan fingerprint density at radius 1 is 1.05 bits per heavy atom. The molecule has 5 unspecified atom stereocenters. The van der Waals surface area contributed by atoms with Gasteiger partial charge in [-0.2, -0.15) is 0 Å². The van der Waals surface area contributed by atoms with Crippen LogP contribution in [0, 0.1) is 11.8 Å². The van der Waals surface area contributed by atoms with Crippen molar-refractivity contribution in [2.75, 3.05) is 6.54 Å². The normalized spacial score (nSPS) is 47.5. The molecule has 3 heteroatoms. The molecule has 3 fully saturated rings. The Morgan fingerprint density at radius 2 is 1.74 bits per heavy atom. The van der Waals surface area contributed by atoms with E-state index in [2.05, 4.69) is 11.8 Å². The standard InChI is InChI=1S/C16H30N2O/c1-2-11-3-6-16(17)12(7-11)10-18-13-4-5-14(18)9-15(19)8-13/h11-16,19H,2-10,17H2,1H3. The molecule has 0 aromatic carbocycles. The molecule has 2 saturated heterocycles. The molecule has 5 atom stereocenters. The average molecular weight is 266 g/mol. The van der Waals surface area contributed by atoms with Crippen LogP contribution in [0.25, 0.3) is 0 Å². The zero-order valence-corrected chi connectivity index (χ0v) is 12.3. The van der Waals surface area contributed by atoms with E-state index >= 15 is 0 Å². The first kappa shape index (κ1) is 13.8. The molecule has 3 N–H and O–H groups in total. The summed E-state index contributed by atoms with van der Waals surface area (Å²) in [5.41, 5.74) is 6.38. The molecule has 110 valence electrons. The van der Waals surface area contributed by atoms with Gasteiger partial charge in [0.1, 0.15) is 0 Å². The predicted octanol–water partition coefficient (Wildman–Crippen LogP) is 2.13. The quantitative estimate of drug-likeness (QED) is 0.823. The number of hydrogen-bond acceptors (Lipinski definition) is 3. The molecule has 2 aliphatic heterocycles. The van der Waals surface area contributed by atoms with E-state index in [0.717, 1.165) is 18.8 Å². The SMILES string of the molecule is CCC1CCC(N)C(CN2C3CCC2CC(O)C3)C1. The fraction of sp³-hybridized carbons (Fsp3) is 1.00. The fourth-order valence-electron chi connectivity index (χ4n) is 4.78. The lowest BCUT2D eigenvalue weighted by Crippen LogP contribution is -2.50. The number of hydrogen-bond donors (Lipinski definition) is 2. The average Bonchev–Trinajstić information content (AvgIpc) is 2.64. The lowest BCUT2D eigenvalue weighted by molar-refractivity contribution is 0.0183. The highest BCUT2D eigenvalue weighted by atomic mass is 16.3. The molecule has 2 heterocycles. The largest absolute Gasteiger partial charge is 0.393 e. The topological polar surface area (TPSA) is 49.5 Å². The van der Waals surface area contributed by atoms with Gasteiger partial charge in [0.2, 0.25) is 0 Å². The van der Waals surface area contributed by atoms with Crippen molar-refractivity contribution in [3.63, 3.8) is 0 Å². The van der Waals surface area contributed by atoms with E-state index in [-0.39, 0.29) is 6.10 Å². The van der Waals surface area contributed by atoms with Crippen LogP contribution in [0.5, 0.6) is 0 Å². The lowest BCUT2D eigenvalue weighted by Gasteiger charge is -2.42. The van der Waals surface area contributed by atoms with E-state index in [1.807, 2.05) is 0 Å². The molecule has 0 radical (unpaired) electrons. The second-order valence-electron chi connectivity index (χ2n) is 7.22. The highest BCUT2D eigenvalue weighted by molar-refractivity contribution is 4.97.